The van der Waals surface area contributed by atoms with Crippen molar-refractivity contribution in [2.45, 2.75) is 101 Å². The summed E-state index contributed by atoms with van der Waals surface area (Å²) in [5.41, 5.74) is -4.18. The minimum Gasteiger partial charge on any atom is -0.414 e. The Bertz CT molecular complexity index is 2080. The second kappa shape index (κ2) is 19.9. The van der Waals surface area contributed by atoms with Crippen molar-refractivity contribution in [2.24, 2.45) is 0 Å². The van der Waals surface area contributed by atoms with Gasteiger partial charge in [0.25, 0.3) is 0 Å². The van der Waals surface area contributed by atoms with E-state index >= 15 is 0 Å². The standard InChI is InChI=1S/C43H45F12NO6P2Si/c1-25(57)56-35-37(62-64(32-20-12-28(13-21-32)42(50,51)52)33-22-14-29(15-23-33)43(53,54)55)36(34(60-38(35)58-5)24-59-65(6,7)39(2,3)4)61-63(30-16-8-26(9-17-30)40(44,45)46)31-18-10-27(11-19-31)41(47,48)49/h8-23,34-38H,24H2,1-7H3,(H,56,57)/t34-,35-,36-,37-,38-/m1/s1. The summed E-state index contributed by atoms with van der Waals surface area (Å²) in [4.78, 5) is 12.9. The number of ether oxygens (including phenoxy) is 2. The van der Waals surface area contributed by atoms with Gasteiger partial charge in [0.2, 0.25) is 5.91 Å². The number of nitrogens with one attached hydrogen (secondary N) is 1. The molecule has 1 saturated heterocycles. The van der Waals surface area contributed by atoms with E-state index in [1.807, 2.05) is 33.9 Å². The van der Waals surface area contributed by atoms with Gasteiger partial charge in [-0.05, 0) is 66.7 Å². The first-order valence-electron chi connectivity index (χ1n) is 19.6. The topological polar surface area (TPSA) is 75.2 Å². The Morgan fingerprint density at radius 1 is 0.585 bits per heavy atom. The van der Waals surface area contributed by atoms with Crippen LogP contribution in [0.15, 0.2) is 97.1 Å². The van der Waals surface area contributed by atoms with Gasteiger partial charge in [-0.25, -0.2) is 0 Å². The highest BCUT2D eigenvalue weighted by molar-refractivity contribution is 7.69. The number of rotatable bonds is 13. The first kappa shape index (κ1) is 52.4. The van der Waals surface area contributed by atoms with Gasteiger partial charge in [0.15, 0.2) is 14.6 Å². The quantitative estimate of drug-likeness (QED) is 0.0817. The summed E-state index contributed by atoms with van der Waals surface area (Å²) >= 11 is 0. The fourth-order valence-electron chi connectivity index (χ4n) is 6.31. The van der Waals surface area contributed by atoms with E-state index in [0.29, 0.717) is 0 Å². The van der Waals surface area contributed by atoms with Crippen LogP contribution in [0, 0.1) is 0 Å². The second-order valence-electron chi connectivity index (χ2n) is 16.5. The molecule has 0 saturated carbocycles. The van der Waals surface area contributed by atoms with Gasteiger partial charge in [0.05, 0.1) is 45.2 Å². The minimum absolute atomic E-state index is 0.0651. The third kappa shape index (κ3) is 13.1. The van der Waals surface area contributed by atoms with Crippen LogP contribution in [0.1, 0.15) is 49.9 Å². The van der Waals surface area contributed by atoms with Crippen molar-refractivity contribution in [3.63, 3.8) is 0 Å². The molecule has 1 aliphatic rings. The molecule has 22 heteroatoms. The fraction of sp³-hybridized carbons (Fsp3) is 0.419. The molecule has 356 valence electrons. The molecular formula is C43H45F12NO6P2Si. The summed E-state index contributed by atoms with van der Waals surface area (Å²) in [5, 5.41) is 2.59. The Morgan fingerprint density at radius 2 is 0.892 bits per heavy atom. The van der Waals surface area contributed by atoms with Gasteiger partial charge in [0, 0.05) is 35.3 Å². The Kier molecular flexibility index (Phi) is 16.0. The van der Waals surface area contributed by atoms with E-state index in [1.54, 1.807) is 0 Å². The Morgan fingerprint density at radius 3 is 1.15 bits per heavy atom. The predicted octanol–water partition coefficient (Wildman–Crippen LogP) is 10.8. The van der Waals surface area contributed by atoms with Crippen LogP contribution >= 0.6 is 16.3 Å². The van der Waals surface area contributed by atoms with Gasteiger partial charge in [-0.2, -0.15) is 52.7 Å². The van der Waals surface area contributed by atoms with E-state index in [4.69, 9.17) is 22.9 Å². The van der Waals surface area contributed by atoms with Crippen molar-refractivity contribution in [1.29, 1.82) is 0 Å². The van der Waals surface area contributed by atoms with Crippen molar-refractivity contribution in [1.82, 2.24) is 5.32 Å². The van der Waals surface area contributed by atoms with E-state index in [-0.39, 0.29) is 32.9 Å². The van der Waals surface area contributed by atoms with Crippen molar-refractivity contribution in [3.8, 4) is 0 Å². The van der Waals surface area contributed by atoms with E-state index in [2.05, 4.69) is 5.32 Å². The summed E-state index contributed by atoms with van der Waals surface area (Å²) < 4.78 is 198. The van der Waals surface area contributed by atoms with Crippen molar-refractivity contribution >= 4 is 51.7 Å². The van der Waals surface area contributed by atoms with Crippen LogP contribution in [-0.4, -0.2) is 58.6 Å². The van der Waals surface area contributed by atoms with Crippen LogP contribution in [0.25, 0.3) is 0 Å². The van der Waals surface area contributed by atoms with Gasteiger partial charge in [-0.1, -0.05) is 69.3 Å². The number of hydrogen-bond donors (Lipinski definition) is 1. The highest BCUT2D eigenvalue weighted by Crippen LogP contribution is 2.48. The molecule has 1 N–H and O–H groups in total. The molecule has 0 spiro atoms. The Hall–Kier alpha value is -3.61. The molecule has 0 unspecified atom stereocenters. The van der Waals surface area contributed by atoms with Crippen LogP contribution in [0.3, 0.4) is 0 Å². The number of methoxy groups -OCH3 is 1. The van der Waals surface area contributed by atoms with E-state index in [9.17, 15) is 57.5 Å². The molecule has 5 rings (SSSR count). The zero-order chi connectivity index (χ0) is 48.5. The number of hydrogen-bond acceptors (Lipinski definition) is 6. The molecular weight excluding hydrogens is 944 g/mol. The molecule has 7 nitrogen and oxygen atoms in total. The molecule has 4 aromatic carbocycles. The monoisotopic (exact) mass is 989 g/mol. The molecule has 5 atom stereocenters. The van der Waals surface area contributed by atoms with Gasteiger partial charge >= 0.3 is 24.7 Å². The number of benzene rings is 4. The van der Waals surface area contributed by atoms with E-state index in [0.717, 1.165) is 104 Å². The van der Waals surface area contributed by atoms with Crippen LogP contribution < -0.4 is 26.5 Å². The lowest BCUT2D eigenvalue weighted by atomic mass is 9.97. The molecule has 65 heavy (non-hydrogen) atoms. The minimum atomic E-state index is -4.77. The van der Waals surface area contributed by atoms with Gasteiger partial charge in [-0.3, -0.25) is 4.79 Å². The maximum absolute atomic E-state index is 13.8. The van der Waals surface area contributed by atoms with Crippen LogP contribution in [0.4, 0.5) is 52.7 Å². The number of carbonyl (C=O) groups excluding carboxylic acids is 1. The van der Waals surface area contributed by atoms with Gasteiger partial charge < -0.3 is 28.3 Å². The molecule has 0 aliphatic carbocycles. The average molecular weight is 990 g/mol. The molecule has 1 heterocycles. The summed E-state index contributed by atoms with van der Waals surface area (Å²) in [6.07, 6.45) is -24.8. The smallest absolute Gasteiger partial charge is 0.414 e. The zero-order valence-electron chi connectivity index (χ0n) is 35.7. The van der Waals surface area contributed by atoms with E-state index in [1.165, 1.54) is 7.11 Å². The number of halogens is 12. The molecule has 1 amide bonds. The fourth-order valence-corrected chi connectivity index (χ4v) is 11.1. The maximum atomic E-state index is 13.8. The van der Waals surface area contributed by atoms with Crippen molar-refractivity contribution < 1.29 is 80.4 Å². The van der Waals surface area contributed by atoms with Crippen molar-refractivity contribution in [2.75, 3.05) is 13.7 Å². The maximum Gasteiger partial charge on any atom is 0.416 e. The highest BCUT2D eigenvalue weighted by Gasteiger charge is 2.52. The molecule has 0 radical (unpaired) electrons. The highest BCUT2D eigenvalue weighted by atomic mass is 31.1. The number of alkyl halides is 12. The number of carbonyl (C=O) groups is 1. The van der Waals surface area contributed by atoms with Crippen LogP contribution in [0.2, 0.25) is 18.1 Å². The summed E-state index contributed by atoms with van der Waals surface area (Å²) in [6.45, 7) is 10.5. The second-order valence-corrected chi connectivity index (χ2v) is 25.0. The van der Waals surface area contributed by atoms with Crippen LogP contribution in [0.5, 0.6) is 0 Å². The van der Waals surface area contributed by atoms with Crippen molar-refractivity contribution in [3.05, 3.63) is 119 Å². The lowest BCUT2D eigenvalue weighted by molar-refractivity contribution is -0.250. The molecule has 0 bridgehead atoms. The number of amides is 1. The summed E-state index contributed by atoms with van der Waals surface area (Å²) in [7, 11) is -6.36. The molecule has 1 aliphatic heterocycles. The average Bonchev–Trinajstić information content (AvgIpc) is 3.20. The largest absolute Gasteiger partial charge is 0.416 e. The lowest BCUT2D eigenvalue weighted by Gasteiger charge is -2.48. The lowest BCUT2D eigenvalue weighted by Crippen LogP contribution is -2.66. The third-order valence-electron chi connectivity index (χ3n) is 10.8. The van der Waals surface area contributed by atoms with E-state index < -0.39 is 108 Å². The SMILES string of the molecule is CO[C@@H]1O[C@H](CO[Si](C)(C)C(C)(C)C)[C@@H](OP(c2ccc(C(F)(F)F)cc2)c2ccc(C(F)(F)F)cc2)[C@H](OP(c2ccc(C(F)(F)F)cc2)c2ccc(C(F)(F)F)cc2)[C@H]1NC(C)=O. The molecule has 0 aromatic heterocycles. The Balaban J connectivity index is 1.76. The predicted molar refractivity (Wildman–Crippen MR) is 224 cm³/mol. The molecule has 4 aromatic rings. The first-order chi connectivity index (χ1) is 29.9. The molecule has 1 fully saturated rings. The van der Waals surface area contributed by atoms with Gasteiger partial charge in [-0.15, -0.1) is 0 Å². The Labute approximate surface area is 370 Å². The first-order valence-corrected chi connectivity index (χ1v) is 25.1. The third-order valence-corrected chi connectivity index (χ3v) is 19.3. The van der Waals surface area contributed by atoms with Crippen LogP contribution in [-0.2, 0) is 52.4 Å². The summed E-state index contributed by atoms with van der Waals surface area (Å²) in [5.74, 6) is -0.676. The van der Waals surface area contributed by atoms with Gasteiger partial charge in [0.1, 0.15) is 24.4 Å². The zero-order valence-corrected chi connectivity index (χ0v) is 38.5. The summed E-state index contributed by atoms with van der Waals surface area (Å²) in [6, 6.07) is 13.4. The normalized spacial score (nSPS) is 20.4.